The molecule has 2 N–H and O–H groups in total. The molecule has 1 rings (SSSR count). The molecule has 0 aromatic heterocycles. The summed E-state index contributed by atoms with van der Waals surface area (Å²) in [7, 11) is 2.05. The molecule has 106 valence electrons. The summed E-state index contributed by atoms with van der Waals surface area (Å²) in [4.78, 5) is 13.2. The summed E-state index contributed by atoms with van der Waals surface area (Å²) >= 11 is 0. The fourth-order valence-corrected chi connectivity index (χ4v) is 1.99. The van der Waals surface area contributed by atoms with Gasteiger partial charge in [-0.15, -0.1) is 0 Å². The molecule has 0 saturated carbocycles. The van der Waals surface area contributed by atoms with E-state index in [9.17, 15) is 4.79 Å². The van der Waals surface area contributed by atoms with Crippen LogP contribution in [0.25, 0.3) is 0 Å². The van der Waals surface area contributed by atoms with E-state index < -0.39 is 12.0 Å². The number of carbonyl (C=O) groups is 1. The molecule has 1 atom stereocenters. The normalized spacial score (nSPS) is 12.4. The Morgan fingerprint density at radius 3 is 2.47 bits per heavy atom. The van der Waals surface area contributed by atoms with Crippen LogP contribution in [0.5, 0.6) is 0 Å². The summed E-state index contributed by atoms with van der Waals surface area (Å²) < 4.78 is 0. The number of anilines is 1. The first-order valence-electron chi connectivity index (χ1n) is 6.74. The summed E-state index contributed by atoms with van der Waals surface area (Å²) in [5.41, 5.74) is 1.18. The molecule has 1 unspecified atom stereocenters. The molecular formula is C15H24N2O2. The third kappa shape index (κ3) is 5.30. The topological polar surface area (TPSA) is 52.6 Å². The largest absolute Gasteiger partial charge is 0.480 e. The number of hydrogen-bond acceptors (Lipinski definition) is 3. The molecule has 1 aromatic carbocycles. The lowest BCUT2D eigenvalue weighted by atomic mass is 10.0. The smallest absolute Gasteiger partial charge is 0.320 e. The molecule has 0 spiro atoms. The molecule has 4 heteroatoms. The Labute approximate surface area is 115 Å². The number of carboxylic acids is 1. The molecule has 1 aromatic rings. The van der Waals surface area contributed by atoms with Crippen LogP contribution in [0.15, 0.2) is 30.3 Å². The van der Waals surface area contributed by atoms with Crippen molar-refractivity contribution in [3.63, 3.8) is 0 Å². The first-order chi connectivity index (χ1) is 9.02. The summed E-state index contributed by atoms with van der Waals surface area (Å²) in [6.45, 7) is 5.46. The summed E-state index contributed by atoms with van der Waals surface area (Å²) in [6, 6.07) is 9.72. The van der Waals surface area contributed by atoms with Crippen molar-refractivity contribution in [2.75, 3.05) is 25.0 Å². The van der Waals surface area contributed by atoms with E-state index in [1.165, 1.54) is 5.69 Å². The second kappa shape index (κ2) is 7.79. The van der Waals surface area contributed by atoms with E-state index in [0.717, 1.165) is 13.0 Å². The van der Waals surface area contributed by atoms with Crippen molar-refractivity contribution in [1.29, 1.82) is 0 Å². The fourth-order valence-electron chi connectivity index (χ4n) is 1.99. The minimum atomic E-state index is -0.772. The molecular weight excluding hydrogens is 240 g/mol. The number of carboxylic acid groups (broad SMARTS) is 1. The highest BCUT2D eigenvalue weighted by molar-refractivity contribution is 5.73. The lowest BCUT2D eigenvalue weighted by molar-refractivity contribution is -0.140. The van der Waals surface area contributed by atoms with E-state index in [1.807, 2.05) is 39.1 Å². The SMILES string of the molecule is CC(C)C(NCCCN(C)c1ccccc1)C(=O)O. The predicted octanol–water partition coefficient (Wildman–Crippen LogP) is 2.21. The molecule has 0 radical (unpaired) electrons. The molecule has 19 heavy (non-hydrogen) atoms. The number of benzene rings is 1. The zero-order valence-electron chi connectivity index (χ0n) is 12.0. The summed E-state index contributed by atoms with van der Waals surface area (Å²) in [6.07, 6.45) is 0.919. The molecule has 0 saturated heterocycles. The maximum absolute atomic E-state index is 11.0. The predicted molar refractivity (Wildman–Crippen MR) is 78.6 cm³/mol. The fraction of sp³-hybridized carbons (Fsp3) is 0.533. The second-order valence-corrected chi connectivity index (χ2v) is 5.12. The van der Waals surface area contributed by atoms with Crippen molar-refractivity contribution in [3.8, 4) is 0 Å². The average molecular weight is 264 g/mol. The van der Waals surface area contributed by atoms with Gasteiger partial charge in [-0.3, -0.25) is 4.79 Å². The van der Waals surface area contributed by atoms with Crippen molar-refractivity contribution in [2.45, 2.75) is 26.3 Å². The minimum absolute atomic E-state index is 0.101. The standard InChI is InChI=1S/C15H24N2O2/c1-12(2)14(15(18)19)16-10-7-11-17(3)13-8-5-4-6-9-13/h4-6,8-9,12,14,16H,7,10-11H2,1-3H3,(H,18,19). The molecule has 4 nitrogen and oxygen atoms in total. The van der Waals surface area contributed by atoms with Crippen molar-refractivity contribution < 1.29 is 9.90 Å². The van der Waals surface area contributed by atoms with Crippen molar-refractivity contribution in [3.05, 3.63) is 30.3 Å². The van der Waals surface area contributed by atoms with Gasteiger partial charge in [0, 0.05) is 19.3 Å². The Balaban J connectivity index is 2.29. The van der Waals surface area contributed by atoms with Gasteiger partial charge in [-0.25, -0.2) is 0 Å². The Morgan fingerprint density at radius 2 is 1.95 bits per heavy atom. The number of rotatable bonds is 8. The third-order valence-corrected chi connectivity index (χ3v) is 3.16. The van der Waals surface area contributed by atoms with Crippen LogP contribution < -0.4 is 10.2 Å². The maximum Gasteiger partial charge on any atom is 0.320 e. The van der Waals surface area contributed by atoms with E-state index in [0.29, 0.717) is 6.54 Å². The number of hydrogen-bond donors (Lipinski definition) is 2. The first kappa shape index (κ1) is 15.5. The van der Waals surface area contributed by atoms with Gasteiger partial charge >= 0.3 is 5.97 Å². The van der Waals surface area contributed by atoms with Gasteiger partial charge in [0.1, 0.15) is 6.04 Å². The molecule has 0 heterocycles. The van der Waals surface area contributed by atoms with E-state index >= 15 is 0 Å². The average Bonchev–Trinajstić information content (AvgIpc) is 2.38. The zero-order valence-corrected chi connectivity index (χ0v) is 12.0. The van der Waals surface area contributed by atoms with E-state index in [4.69, 9.17) is 5.11 Å². The maximum atomic E-state index is 11.0. The van der Waals surface area contributed by atoms with Crippen LogP contribution in [0, 0.1) is 5.92 Å². The quantitative estimate of drug-likeness (QED) is 0.707. The van der Waals surface area contributed by atoms with Gasteiger partial charge in [-0.05, 0) is 31.0 Å². The van der Waals surface area contributed by atoms with Crippen LogP contribution >= 0.6 is 0 Å². The Morgan fingerprint density at radius 1 is 1.32 bits per heavy atom. The number of nitrogens with one attached hydrogen (secondary N) is 1. The van der Waals surface area contributed by atoms with Gasteiger partial charge in [0.15, 0.2) is 0 Å². The molecule has 0 bridgehead atoms. The van der Waals surface area contributed by atoms with Crippen molar-refractivity contribution in [2.24, 2.45) is 5.92 Å². The minimum Gasteiger partial charge on any atom is -0.480 e. The lowest BCUT2D eigenvalue weighted by Crippen LogP contribution is -2.41. The molecule has 0 aliphatic heterocycles. The van der Waals surface area contributed by atoms with Crippen LogP contribution in [0.2, 0.25) is 0 Å². The van der Waals surface area contributed by atoms with Crippen LogP contribution in [-0.4, -0.2) is 37.3 Å². The Hall–Kier alpha value is -1.55. The van der Waals surface area contributed by atoms with Gasteiger partial charge < -0.3 is 15.3 Å². The van der Waals surface area contributed by atoms with E-state index in [2.05, 4.69) is 22.3 Å². The van der Waals surface area contributed by atoms with E-state index in [-0.39, 0.29) is 5.92 Å². The van der Waals surface area contributed by atoms with Crippen LogP contribution in [0.3, 0.4) is 0 Å². The van der Waals surface area contributed by atoms with E-state index in [1.54, 1.807) is 0 Å². The van der Waals surface area contributed by atoms with Crippen LogP contribution in [-0.2, 0) is 4.79 Å². The number of aliphatic carboxylic acids is 1. The Kier molecular flexibility index (Phi) is 6.36. The van der Waals surface area contributed by atoms with Crippen molar-refractivity contribution >= 4 is 11.7 Å². The highest BCUT2D eigenvalue weighted by Crippen LogP contribution is 2.10. The number of para-hydroxylation sites is 1. The Bertz CT molecular complexity index is 379. The lowest BCUT2D eigenvalue weighted by Gasteiger charge is -2.21. The summed E-state index contributed by atoms with van der Waals surface area (Å²) in [5, 5.41) is 12.2. The van der Waals surface area contributed by atoms with Gasteiger partial charge in [0.2, 0.25) is 0 Å². The zero-order chi connectivity index (χ0) is 14.3. The number of nitrogens with zero attached hydrogens (tertiary/aromatic N) is 1. The first-order valence-corrected chi connectivity index (χ1v) is 6.74. The van der Waals surface area contributed by atoms with Crippen LogP contribution in [0.4, 0.5) is 5.69 Å². The summed E-state index contributed by atoms with van der Waals surface area (Å²) in [5.74, 6) is -0.671. The second-order valence-electron chi connectivity index (χ2n) is 5.12. The van der Waals surface area contributed by atoms with Crippen LogP contribution in [0.1, 0.15) is 20.3 Å². The highest BCUT2D eigenvalue weighted by atomic mass is 16.4. The molecule has 0 aliphatic rings. The van der Waals surface area contributed by atoms with Gasteiger partial charge in [-0.2, -0.15) is 0 Å². The molecule has 0 aliphatic carbocycles. The van der Waals surface area contributed by atoms with Crippen molar-refractivity contribution in [1.82, 2.24) is 5.32 Å². The third-order valence-electron chi connectivity index (χ3n) is 3.16. The monoisotopic (exact) mass is 264 g/mol. The van der Waals surface area contributed by atoms with Gasteiger partial charge in [0.25, 0.3) is 0 Å². The molecule has 0 amide bonds. The van der Waals surface area contributed by atoms with Gasteiger partial charge in [0.05, 0.1) is 0 Å². The molecule has 0 fully saturated rings. The van der Waals surface area contributed by atoms with Gasteiger partial charge in [-0.1, -0.05) is 32.0 Å². The highest BCUT2D eigenvalue weighted by Gasteiger charge is 2.19.